The average Bonchev–Trinajstić information content (AvgIpc) is 3.24. The molecule has 1 amide bonds. The molecular weight excluding hydrogens is 382 g/mol. The molecule has 0 saturated heterocycles. The number of thiazole rings is 1. The number of nitrogens with one attached hydrogen (secondary N) is 1. The predicted octanol–water partition coefficient (Wildman–Crippen LogP) is 4.25. The molecule has 134 valence electrons. The third-order valence-electron chi connectivity index (χ3n) is 3.25. The summed E-state index contributed by atoms with van der Waals surface area (Å²) in [7, 11) is 0. The predicted molar refractivity (Wildman–Crippen MR) is 95.4 cm³/mol. The van der Waals surface area contributed by atoms with E-state index in [-0.39, 0.29) is 5.69 Å². The summed E-state index contributed by atoms with van der Waals surface area (Å²) in [4.78, 5) is 29.5. The Morgan fingerprint density at radius 3 is 2.77 bits per heavy atom. The lowest BCUT2D eigenvalue weighted by Gasteiger charge is -2.07. The summed E-state index contributed by atoms with van der Waals surface area (Å²) in [5.74, 6) is -3.08. The van der Waals surface area contributed by atoms with Gasteiger partial charge in [0, 0.05) is 6.07 Å². The number of amides is 1. The number of hydrogen-bond donors (Lipinski definition) is 1. The summed E-state index contributed by atoms with van der Waals surface area (Å²) in [5.41, 5.74) is 0.315. The highest BCUT2D eigenvalue weighted by Crippen LogP contribution is 2.31. The van der Waals surface area contributed by atoms with Crippen LogP contribution in [0.1, 0.15) is 15.4 Å². The van der Waals surface area contributed by atoms with Crippen LogP contribution in [-0.4, -0.2) is 23.5 Å². The van der Waals surface area contributed by atoms with Gasteiger partial charge < -0.3 is 10.1 Å². The first-order valence-electron chi connectivity index (χ1n) is 7.37. The van der Waals surface area contributed by atoms with Crippen molar-refractivity contribution in [3.8, 4) is 9.88 Å². The van der Waals surface area contributed by atoms with Gasteiger partial charge in [-0.15, -0.1) is 22.7 Å². The van der Waals surface area contributed by atoms with Crippen LogP contribution >= 0.6 is 22.7 Å². The van der Waals surface area contributed by atoms with Crippen LogP contribution in [0, 0.1) is 18.6 Å². The zero-order valence-corrected chi connectivity index (χ0v) is 15.0. The van der Waals surface area contributed by atoms with E-state index in [1.165, 1.54) is 22.7 Å². The lowest BCUT2D eigenvalue weighted by atomic mass is 10.3. The number of nitrogens with zero attached hydrogens (tertiary/aromatic N) is 1. The van der Waals surface area contributed by atoms with Crippen LogP contribution in [-0.2, 0) is 9.53 Å². The van der Waals surface area contributed by atoms with E-state index in [2.05, 4.69) is 10.3 Å². The number of aryl methyl sites for hydroxylation is 1. The maximum atomic E-state index is 13.5. The van der Waals surface area contributed by atoms with E-state index in [4.69, 9.17) is 4.74 Å². The van der Waals surface area contributed by atoms with Crippen molar-refractivity contribution in [2.24, 2.45) is 0 Å². The maximum Gasteiger partial charge on any atom is 0.350 e. The molecule has 9 heteroatoms. The summed E-state index contributed by atoms with van der Waals surface area (Å²) in [5, 5.41) is 4.82. The van der Waals surface area contributed by atoms with Crippen molar-refractivity contribution >= 4 is 40.2 Å². The first kappa shape index (κ1) is 18.2. The highest BCUT2D eigenvalue weighted by atomic mass is 32.1. The summed E-state index contributed by atoms with van der Waals surface area (Å²) in [6.07, 6.45) is 0. The van der Waals surface area contributed by atoms with Crippen LogP contribution in [0.5, 0.6) is 0 Å². The van der Waals surface area contributed by atoms with Gasteiger partial charge in [0.2, 0.25) is 0 Å². The fourth-order valence-electron chi connectivity index (χ4n) is 2.07. The minimum absolute atomic E-state index is 0.193. The van der Waals surface area contributed by atoms with E-state index in [0.29, 0.717) is 21.6 Å². The molecule has 1 aromatic carbocycles. The van der Waals surface area contributed by atoms with Gasteiger partial charge in [0.1, 0.15) is 21.5 Å². The van der Waals surface area contributed by atoms with Crippen molar-refractivity contribution < 1.29 is 23.1 Å². The third kappa shape index (κ3) is 4.12. The highest BCUT2D eigenvalue weighted by molar-refractivity contribution is 7.22. The summed E-state index contributed by atoms with van der Waals surface area (Å²) in [6, 6.07) is 6.52. The maximum absolute atomic E-state index is 13.5. The number of rotatable bonds is 5. The summed E-state index contributed by atoms with van der Waals surface area (Å²) >= 11 is 2.68. The molecule has 0 unspecified atom stereocenters. The molecular formula is C17H12F2N2O3S2. The lowest BCUT2D eigenvalue weighted by molar-refractivity contribution is -0.119. The number of halogens is 2. The molecule has 0 atom stereocenters. The Balaban J connectivity index is 1.61. The second-order valence-corrected chi connectivity index (χ2v) is 7.11. The van der Waals surface area contributed by atoms with Crippen LogP contribution in [0.3, 0.4) is 0 Å². The van der Waals surface area contributed by atoms with Crippen LogP contribution < -0.4 is 5.32 Å². The zero-order chi connectivity index (χ0) is 18.7. The molecule has 0 fully saturated rings. The lowest BCUT2D eigenvalue weighted by Crippen LogP contribution is -2.21. The zero-order valence-electron chi connectivity index (χ0n) is 13.4. The Labute approximate surface area is 155 Å². The van der Waals surface area contributed by atoms with Gasteiger partial charge in [-0.3, -0.25) is 4.79 Å². The molecule has 0 radical (unpaired) electrons. The molecule has 2 aromatic heterocycles. The van der Waals surface area contributed by atoms with E-state index in [1.54, 1.807) is 6.92 Å². The number of aromatic nitrogens is 1. The largest absolute Gasteiger partial charge is 0.451 e. The third-order valence-corrected chi connectivity index (χ3v) is 5.43. The van der Waals surface area contributed by atoms with Crippen LogP contribution in [0.2, 0.25) is 0 Å². The molecule has 5 nitrogen and oxygen atoms in total. The van der Waals surface area contributed by atoms with Gasteiger partial charge >= 0.3 is 5.97 Å². The first-order valence-corrected chi connectivity index (χ1v) is 9.07. The standard InChI is InChI=1S/C17H12F2N2O3S2/c1-9-15(26-16(20-9)13-3-2-6-25-13)17(23)24-8-14(22)21-12-5-4-10(18)7-11(12)19/h2-7H,8H2,1H3,(H,21,22). The van der Waals surface area contributed by atoms with Gasteiger partial charge in [-0.2, -0.15) is 0 Å². The highest BCUT2D eigenvalue weighted by Gasteiger charge is 2.19. The van der Waals surface area contributed by atoms with Gasteiger partial charge in [-0.05, 0) is 30.5 Å². The fraction of sp³-hybridized carbons (Fsp3) is 0.118. The summed E-state index contributed by atoms with van der Waals surface area (Å²) < 4.78 is 31.3. The van der Waals surface area contributed by atoms with Gasteiger partial charge in [-0.1, -0.05) is 6.07 Å². The SMILES string of the molecule is Cc1nc(-c2cccs2)sc1C(=O)OCC(=O)Nc1ccc(F)cc1F. The Morgan fingerprint density at radius 2 is 2.08 bits per heavy atom. The normalized spacial score (nSPS) is 10.6. The molecule has 26 heavy (non-hydrogen) atoms. The average molecular weight is 394 g/mol. The Morgan fingerprint density at radius 1 is 1.27 bits per heavy atom. The van der Waals surface area contributed by atoms with Crippen molar-refractivity contribution in [1.82, 2.24) is 4.98 Å². The molecule has 0 aliphatic heterocycles. The van der Waals surface area contributed by atoms with Crippen molar-refractivity contribution in [3.05, 3.63) is 57.9 Å². The molecule has 0 spiro atoms. The van der Waals surface area contributed by atoms with E-state index in [9.17, 15) is 18.4 Å². The molecule has 3 aromatic rings. The smallest absolute Gasteiger partial charge is 0.350 e. The van der Waals surface area contributed by atoms with E-state index < -0.39 is 30.1 Å². The molecule has 3 rings (SSSR count). The van der Waals surface area contributed by atoms with Gasteiger partial charge in [0.15, 0.2) is 6.61 Å². The van der Waals surface area contributed by atoms with Crippen molar-refractivity contribution in [2.75, 3.05) is 11.9 Å². The fourth-order valence-corrected chi connectivity index (χ4v) is 3.82. The van der Waals surface area contributed by atoms with Crippen LogP contribution in [0.15, 0.2) is 35.7 Å². The molecule has 0 bridgehead atoms. The number of carbonyl (C=O) groups excluding carboxylic acids is 2. The minimum Gasteiger partial charge on any atom is -0.451 e. The Bertz CT molecular complexity index is 955. The number of benzene rings is 1. The Kier molecular flexibility index (Phi) is 5.38. The topological polar surface area (TPSA) is 68.3 Å². The summed E-state index contributed by atoms with van der Waals surface area (Å²) in [6.45, 7) is 1.08. The van der Waals surface area contributed by atoms with E-state index in [0.717, 1.165) is 17.0 Å². The number of esters is 1. The second-order valence-electron chi connectivity index (χ2n) is 5.16. The van der Waals surface area contributed by atoms with Gasteiger partial charge in [0.05, 0.1) is 16.3 Å². The minimum atomic E-state index is -0.913. The number of anilines is 1. The van der Waals surface area contributed by atoms with Crippen LogP contribution in [0.4, 0.5) is 14.5 Å². The molecule has 2 heterocycles. The molecule has 0 saturated carbocycles. The van der Waals surface area contributed by atoms with Crippen molar-refractivity contribution in [2.45, 2.75) is 6.92 Å². The van der Waals surface area contributed by atoms with Crippen molar-refractivity contribution in [1.29, 1.82) is 0 Å². The van der Waals surface area contributed by atoms with E-state index in [1.807, 2.05) is 17.5 Å². The number of ether oxygens (including phenoxy) is 1. The van der Waals surface area contributed by atoms with Gasteiger partial charge in [0.25, 0.3) is 5.91 Å². The van der Waals surface area contributed by atoms with Crippen molar-refractivity contribution in [3.63, 3.8) is 0 Å². The molecule has 1 N–H and O–H groups in total. The first-order chi connectivity index (χ1) is 12.4. The quantitative estimate of drug-likeness (QED) is 0.657. The number of thiophene rings is 1. The number of carbonyl (C=O) groups is 2. The molecule has 0 aliphatic carbocycles. The second kappa shape index (κ2) is 7.71. The van der Waals surface area contributed by atoms with E-state index >= 15 is 0 Å². The van der Waals surface area contributed by atoms with Gasteiger partial charge in [-0.25, -0.2) is 18.6 Å². The van der Waals surface area contributed by atoms with Crippen LogP contribution in [0.25, 0.3) is 9.88 Å². The Hall–Kier alpha value is -2.65. The molecule has 0 aliphatic rings. The number of hydrogen-bond acceptors (Lipinski definition) is 6. The monoisotopic (exact) mass is 394 g/mol.